The largest absolute Gasteiger partial charge is 0.342 e. The van der Waals surface area contributed by atoms with Gasteiger partial charge in [-0.05, 0) is 18.4 Å². The average molecular weight is 289 g/mol. The van der Waals surface area contributed by atoms with Crippen molar-refractivity contribution in [2.75, 3.05) is 6.54 Å². The second-order valence-corrected chi connectivity index (χ2v) is 5.38. The summed E-state index contributed by atoms with van der Waals surface area (Å²) in [5.74, 6) is -0.158. The molecular weight excluding hydrogens is 274 g/mol. The van der Waals surface area contributed by atoms with E-state index in [1.54, 1.807) is 17.0 Å². The Labute approximate surface area is 121 Å². The van der Waals surface area contributed by atoms with Gasteiger partial charge in [0.05, 0.1) is 4.92 Å². The van der Waals surface area contributed by atoms with Gasteiger partial charge < -0.3 is 10.2 Å². The highest BCUT2D eigenvalue weighted by Gasteiger charge is 2.42. The van der Waals surface area contributed by atoms with Crippen molar-refractivity contribution < 1.29 is 14.5 Å². The number of hydrogen-bond acceptors (Lipinski definition) is 4. The van der Waals surface area contributed by atoms with Crippen molar-refractivity contribution in [1.82, 2.24) is 10.2 Å². The van der Waals surface area contributed by atoms with Gasteiger partial charge in [0.15, 0.2) is 0 Å². The Balaban J connectivity index is 1.73. The second-order valence-electron chi connectivity index (χ2n) is 5.38. The molecule has 1 N–H and O–H groups in total. The van der Waals surface area contributed by atoms with Crippen LogP contribution in [-0.4, -0.2) is 40.3 Å². The van der Waals surface area contributed by atoms with Gasteiger partial charge in [-0.3, -0.25) is 19.7 Å². The van der Waals surface area contributed by atoms with Crippen LogP contribution in [-0.2, 0) is 16.0 Å². The van der Waals surface area contributed by atoms with Crippen LogP contribution >= 0.6 is 0 Å². The van der Waals surface area contributed by atoms with Gasteiger partial charge in [-0.2, -0.15) is 0 Å². The van der Waals surface area contributed by atoms with E-state index in [9.17, 15) is 19.7 Å². The molecule has 7 nitrogen and oxygen atoms in total. The molecule has 2 atom stereocenters. The molecule has 1 aromatic carbocycles. The van der Waals surface area contributed by atoms with Crippen LogP contribution in [0.15, 0.2) is 24.3 Å². The Morgan fingerprint density at radius 2 is 2.00 bits per heavy atom. The van der Waals surface area contributed by atoms with Gasteiger partial charge in [0, 0.05) is 25.1 Å². The predicted molar refractivity (Wildman–Crippen MR) is 73.5 cm³/mol. The summed E-state index contributed by atoms with van der Waals surface area (Å²) in [5.41, 5.74) is 0.800. The number of nitro benzene ring substituents is 1. The minimum absolute atomic E-state index is 0.0114. The van der Waals surface area contributed by atoms with Crippen LogP contribution in [0.2, 0.25) is 0 Å². The number of rotatable bonds is 3. The van der Waals surface area contributed by atoms with Crippen molar-refractivity contribution in [2.24, 2.45) is 0 Å². The summed E-state index contributed by atoms with van der Waals surface area (Å²) in [5, 5.41) is 13.4. The topological polar surface area (TPSA) is 92.5 Å². The Morgan fingerprint density at radius 3 is 2.67 bits per heavy atom. The summed E-state index contributed by atoms with van der Waals surface area (Å²) in [6.07, 6.45) is 1.93. The van der Waals surface area contributed by atoms with Gasteiger partial charge in [0.25, 0.3) is 5.69 Å². The molecule has 2 aliphatic heterocycles. The third kappa shape index (κ3) is 2.46. The van der Waals surface area contributed by atoms with E-state index in [4.69, 9.17) is 0 Å². The Kier molecular flexibility index (Phi) is 3.32. The van der Waals surface area contributed by atoms with Crippen LogP contribution in [0, 0.1) is 10.1 Å². The van der Waals surface area contributed by atoms with E-state index in [1.165, 1.54) is 12.1 Å². The van der Waals surface area contributed by atoms with E-state index >= 15 is 0 Å². The van der Waals surface area contributed by atoms with E-state index in [1.807, 2.05) is 0 Å². The summed E-state index contributed by atoms with van der Waals surface area (Å²) >= 11 is 0. The lowest BCUT2D eigenvalue weighted by molar-refractivity contribution is -0.384. The number of hydrogen-bond donors (Lipinski definition) is 1. The fourth-order valence-corrected chi connectivity index (χ4v) is 2.96. The Bertz CT molecular complexity index is 599. The molecule has 2 saturated heterocycles. The molecular formula is C14H15N3O4. The molecule has 0 saturated carbocycles. The van der Waals surface area contributed by atoms with Crippen molar-refractivity contribution >= 4 is 17.5 Å². The SMILES string of the molecule is O=C1NC(Cc2ccc([N+](=O)[O-])cc2)C(=O)N2CCCC12. The predicted octanol–water partition coefficient (Wildman–Crippen LogP) is 0.627. The van der Waals surface area contributed by atoms with Gasteiger partial charge in [-0.1, -0.05) is 12.1 Å². The summed E-state index contributed by atoms with van der Waals surface area (Å²) < 4.78 is 0. The lowest BCUT2D eigenvalue weighted by atomic mass is 10.0. The molecule has 21 heavy (non-hydrogen) atoms. The fourth-order valence-electron chi connectivity index (χ4n) is 2.96. The molecule has 3 rings (SSSR count). The molecule has 2 heterocycles. The van der Waals surface area contributed by atoms with Gasteiger partial charge in [0.2, 0.25) is 11.8 Å². The number of nitro groups is 1. The molecule has 0 aromatic heterocycles. The molecule has 110 valence electrons. The van der Waals surface area contributed by atoms with Crippen molar-refractivity contribution in [3.8, 4) is 0 Å². The highest BCUT2D eigenvalue weighted by Crippen LogP contribution is 2.23. The van der Waals surface area contributed by atoms with Crippen LogP contribution in [0.1, 0.15) is 18.4 Å². The highest BCUT2D eigenvalue weighted by atomic mass is 16.6. The standard InChI is InChI=1S/C14H15N3O4/c18-13-12-2-1-7-16(12)14(19)11(15-13)8-9-3-5-10(6-4-9)17(20)21/h3-6,11-12H,1-2,7-8H2,(H,15,18). The van der Waals surface area contributed by atoms with Crippen LogP contribution in [0.5, 0.6) is 0 Å². The van der Waals surface area contributed by atoms with Crippen molar-refractivity contribution in [1.29, 1.82) is 0 Å². The van der Waals surface area contributed by atoms with E-state index in [0.717, 1.165) is 18.4 Å². The lowest BCUT2D eigenvalue weighted by Gasteiger charge is -2.34. The van der Waals surface area contributed by atoms with Crippen LogP contribution in [0.25, 0.3) is 0 Å². The molecule has 7 heteroatoms. The Hall–Kier alpha value is -2.44. The normalized spacial score (nSPS) is 24.7. The molecule has 0 radical (unpaired) electrons. The average Bonchev–Trinajstić information content (AvgIpc) is 2.95. The number of piperazine rings is 1. The number of benzene rings is 1. The van der Waals surface area contributed by atoms with Crippen LogP contribution in [0.3, 0.4) is 0 Å². The number of fused-ring (bicyclic) bond motifs is 1. The zero-order chi connectivity index (χ0) is 15.0. The number of carbonyl (C=O) groups is 2. The molecule has 2 fully saturated rings. The van der Waals surface area contributed by atoms with Gasteiger partial charge >= 0.3 is 0 Å². The number of non-ortho nitro benzene ring substituents is 1. The third-order valence-electron chi connectivity index (χ3n) is 4.04. The van der Waals surface area contributed by atoms with Gasteiger partial charge in [-0.15, -0.1) is 0 Å². The first-order valence-corrected chi connectivity index (χ1v) is 6.90. The minimum Gasteiger partial charge on any atom is -0.342 e. The van der Waals surface area contributed by atoms with Gasteiger partial charge in [0.1, 0.15) is 12.1 Å². The summed E-state index contributed by atoms with van der Waals surface area (Å²) in [6.45, 7) is 0.633. The summed E-state index contributed by atoms with van der Waals surface area (Å²) in [6, 6.07) is 5.16. The van der Waals surface area contributed by atoms with E-state index in [2.05, 4.69) is 5.32 Å². The van der Waals surface area contributed by atoms with E-state index in [0.29, 0.717) is 13.0 Å². The highest BCUT2D eigenvalue weighted by molar-refractivity contribution is 5.97. The zero-order valence-electron chi connectivity index (χ0n) is 11.3. The quantitative estimate of drug-likeness (QED) is 0.652. The molecule has 2 amide bonds. The van der Waals surface area contributed by atoms with Crippen molar-refractivity contribution in [2.45, 2.75) is 31.3 Å². The fraction of sp³-hybridized carbons (Fsp3) is 0.429. The molecule has 0 aliphatic carbocycles. The molecule has 2 aliphatic rings. The van der Waals surface area contributed by atoms with Crippen LogP contribution in [0.4, 0.5) is 5.69 Å². The molecule has 1 aromatic rings. The maximum absolute atomic E-state index is 12.3. The first-order valence-electron chi connectivity index (χ1n) is 6.90. The van der Waals surface area contributed by atoms with Crippen molar-refractivity contribution in [3.05, 3.63) is 39.9 Å². The second kappa shape index (κ2) is 5.16. The van der Waals surface area contributed by atoms with E-state index in [-0.39, 0.29) is 23.5 Å². The lowest BCUT2D eigenvalue weighted by Crippen LogP contribution is -2.61. The van der Waals surface area contributed by atoms with E-state index < -0.39 is 11.0 Å². The van der Waals surface area contributed by atoms with Gasteiger partial charge in [-0.25, -0.2) is 0 Å². The Morgan fingerprint density at radius 1 is 1.29 bits per heavy atom. The number of carbonyl (C=O) groups excluding carboxylic acids is 2. The first kappa shape index (κ1) is 13.5. The zero-order valence-corrected chi connectivity index (χ0v) is 11.3. The summed E-state index contributed by atoms with van der Waals surface area (Å²) in [7, 11) is 0. The maximum Gasteiger partial charge on any atom is 0.269 e. The first-order chi connectivity index (χ1) is 10.1. The smallest absolute Gasteiger partial charge is 0.269 e. The third-order valence-corrected chi connectivity index (χ3v) is 4.04. The van der Waals surface area contributed by atoms with Crippen LogP contribution < -0.4 is 5.32 Å². The number of nitrogens with one attached hydrogen (secondary N) is 1. The summed E-state index contributed by atoms with van der Waals surface area (Å²) in [4.78, 5) is 36.1. The molecule has 2 unspecified atom stereocenters. The van der Waals surface area contributed by atoms with Crippen molar-refractivity contribution in [3.63, 3.8) is 0 Å². The minimum atomic E-state index is -0.576. The number of amides is 2. The molecule has 0 spiro atoms. The molecule has 0 bridgehead atoms. The monoisotopic (exact) mass is 289 g/mol. The maximum atomic E-state index is 12.3. The number of nitrogens with zero attached hydrogens (tertiary/aromatic N) is 2.